The van der Waals surface area contributed by atoms with Crippen molar-refractivity contribution in [3.05, 3.63) is 177 Å². The fourth-order valence-electron chi connectivity index (χ4n) is 11.2. The summed E-state index contributed by atoms with van der Waals surface area (Å²) >= 11 is 0. The minimum atomic E-state index is -2.53. The monoisotopic (exact) mass is 987 g/mol. The van der Waals surface area contributed by atoms with Crippen molar-refractivity contribution in [3.8, 4) is 66.8 Å². The van der Waals surface area contributed by atoms with E-state index in [0.29, 0.717) is 47.3 Å². The summed E-state index contributed by atoms with van der Waals surface area (Å²) in [6, 6.07) is 49.1. The van der Waals surface area contributed by atoms with Gasteiger partial charge in [0, 0.05) is 0 Å². The molecular weight excluding hydrogens is 900 g/mol. The van der Waals surface area contributed by atoms with Crippen molar-refractivity contribution in [1.29, 1.82) is 0 Å². The molecule has 0 atom stereocenters. The molecular formula is C71H87FSi. The summed E-state index contributed by atoms with van der Waals surface area (Å²) in [6.07, 6.45) is 0. The molecule has 0 fully saturated rings. The van der Waals surface area contributed by atoms with Gasteiger partial charge in [-0.1, -0.05) is 223 Å². The average Bonchev–Trinajstić information content (AvgIpc) is 3.34. The van der Waals surface area contributed by atoms with E-state index in [2.05, 4.69) is 265 Å². The Morgan fingerprint density at radius 3 is 0.699 bits per heavy atom. The van der Waals surface area contributed by atoms with E-state index in [-0.39, 0.29) is 0 Å². The zero-order valence-corrected chi connectivity index (χ0v) is 49.2. The van der Waals surface area contributed by atoms with Gasteiger partial charge >= 0.3 is 0 Å². The number of hydrogen-bond acceptors (Lipinski definition) is 0. The molecule has 0 N–H and O–H groups in total. The predicted molar refractivity (Wildman–Crippen MR) is 324 cm³/mol. The smallest absolute Gasteiger partial charge is 0.237 e. The first kappa shape index (κ1) is 55.3. The lowest BCUT2D eigenvalue weighted by Gasteiger charge is -2.25. The molecule has 0 aliphatic rings. The fraction of sp³-hybridized carbons (Fsp3) is 0.394. The molecule has 0 amide bonds. The first-order valence-electron chi connectivity index (χ1n) is 27.7. The van der Waals surface area contributed by atoms with Crippen LogP contribution in [0.15, 0.2) is 127 Å². The van der Waals surface area contributed by atoms with Crippen LogP contribution < -0.4 is 0 Å². The summed E-state index contributed by atoms with van der Waals surface area (Å²) in [7, 11) is -2.53. The van der Waals surface area contributed by atoms with Crippen LogP contribution in [0, 0.1) is 0 Å². The highest BCUT2D eigenvalue weighted by Gasteiger charge is 2.26. The van der Waals surface area contributed by atoms with E-state index in [1.54, 1.807) is 0 Å². The third kappa shape index (κ3) is 11.6. The minimum absolute atomic E-state index is 0.321. The highest BCUT2D eigenvalue weighted by Crippen LogP contribution is 2.47. The number of benzene rings is 7. The fourth-order valence-corrected chi connectivity index (χ4v) is 12.2. The molecule has 0 unspecified atom stereocenters. The Kier molecular flexibility index (Phi) is 17.1. The average molecular weight is 988 g/mol. The maximum atomic E-state index is 17.5. The Morgan fingerprint density at radius 2 is 0.507 bits per heavy atom. The lowest BCUT2D eigenvalue weighted by atomic mass is 9.79. The van der Waals surface area contributed by atoms with Crippen LogP contribution >= 0.6 is 0 Å². The molecule has 0 heterocycles. The van der Waals surface area contributed by atoms with Gasteiger partial charge in [-0.15, -0.1) is 0 Å². The highest BCUT2D eigenvalue weighted by atomic mass is 28.3. The van der Waals surface area contributed by atoms with E-state index in [1.165, 1.54) is 89.0 Å². The number of rotatable bonds is 15. The van der Waals surface area contributed by atoms with Crippen LogP contribution in [0.2, 0.25) is 5.04 Å². The lowest BCUT2D eigenvalue weighted by Crippen LogP contribution is -2.15. The van der Waals surface area contributed by atoms with Crippen LogP contribution in [0.5, 0.6) is 0 Å². The van der Waals surface area contributed by atoms with Crippen LogP contribution in [0.1, 0.15) is 229 Å². The molecule has 0 saturated heterocycles. The Balaban J connectivity index is 1.69. The molecule has 7 aromatic carbocycles. The van der Waals surface area contributed by atoms with Crippen molar-refractivity contribution < 1.29 is 4.11 Å². The Morgan fingerprint density at radius 1 is 0.315 bits per heavy atom. The third-order valence-electron chi connectivity index (χ3n) is 15.2. The van der Waals surface area contributed by atoms with E-state index >= 15 is 4.11 Å². The molecule has 382 valence electrons. The van der Waals surface area contributed by atoms with Crippen LogP contribution in [0.3, 0.4) is 0 Å². The first-order chi connectivity index (χ1) is 34.4. The van der Waals surface area contributed by atoms with Gasteiger partial charge in [0.15, 0.2) is 0 Å². The number of halogens is 1. The van der Waals surface area contributed by atoms with Crippen LogP contribution in [-0.2, 0) is 0 Å². The van der Waals surface area contributed by atoms with Crippen LogP contribution in [0.25, 0.3) is 66.8 Å². The molecule has 0 radical (unpaired) electrons. The molecule has 2 heteroatoms. The molecule has 0 spiro atoms. The second-order valence-electron chi connectivity index (χ2n) is 24.6. The molecule has 0 aliphatic heterocycles. The quantitative estimate of drug-likeness (QED) is 0.0709. The standard InChI is InChI=1S/C71H87FSi/c1-42(2)56-25-20-26-57(43(3)4)67(56)52-35-50(36-53(39-52)68-58(44(5)6)27-21-28-59(68)45(7)8)64-33-24-34-65(66(64)41-73(72)71(17,18)19)51-37-54(69-60(46(9)10)29-22-30-61(69)47(11)12)40-55(38-51)70-62(48(13)14)31-23-32-63(70)49(15)16/h20-49H,1-19H3/b73-41-. The maximum Gasteiger partial charge on any atom is 0.237 e. The molecule has 0 nitrogen and oxygen atoms in total. The largest absolute Gasteiger partial charge is 0.283 e. The molecule has 0 bridgehead atoms. The van der Waals surface area contributed by atoms with E-state index in [0.717, 1.165) is 27.8 Å². The molecule has 0 saturated carbocycles. The Labute approximate surface area is 444 Å². The van der Waals surface area contributed by atoms with E-state index < -0.39 is 13.8 Å². The van der Waals surface area contributed by atoms with Gasteiger partial charge in [-0.3, -0.25) is 4.11 Å². The predicted octanol–water partition coefficient (Wildman–Crippen LogP) is 22.2. The van der Waals surface area contributed by atoms with E-state index in [4.69, 9.17) is 0 Å². The summed E-state index contributed by atoms with van der Waals surface area (Å²) < 4.78 is 17.5. The van der Waals surface area contributed by atoms with Gasteiger partial charge in [0.25, 0.3) is 0 Å². The maximum absolute atomic E-state index is 17.5. The third-order valence-corrected chi connectivity index (χ3v) is 17.2. The molecule has 7 aromatic rings. The van der Waals surface area contributed by atoms with Gasteiger partial charge in [0.1, 0.15) is 0 Å². The zero-order valence-electron chi connectivity index (χ0n) is 48.2. The summed E-state index contributed by atoms with van der Waals surface area (Å²) in [4.78, 5) is 0. The molecule has 0 aliphatic carbocycles. The molecule has 7 rings (SSSR count). The summed E-state index contributed by atoms with van der Waals surface area (Å²) in [6.45, 7) is 43.3. The van der Waals surface area contributed by atoms with Crippen LogP contribution in [-0.4, -0.2) is 14.4 Å². The van der Waals surface area contributed by atoms with Gasteiger partial charge in [-0.2, -0.15) is 0 Å². The second kappa shape index (κ2) is 22.6. The van der Waals surface area contributed by atoms with Crippen molar-refractivity contribution in [2.24, 2.45) is 0 Å². The summed E-state index contributed by atoms with van der Waals surface area (Å²) in [5.74, 6) is 2.56. The van der Waals surface area contributed by atoms with E-state index in [1.807, 2.05) is 0 Å². The van der Waals surface area contributed by atoms with E-state index in [9.17, 15) is 0 Å². The zero-order chi connectivity index (χ0) is 53.4. The van der Waals surface area contributed by atoms with Gasteiger partial charge in [0.2, 0.25) is 8.74 Å². The van der Waals surface area contributed by atoms with Crippen molar-refractivity contribution in [2.45, 2.75) is 184 Å². The van der Waals surface area contributed by atoms with Gasteiger partial charge < -0.3 is 0 Å². The number of hydrogen-bond donors (Lipinski definition) is 0. The SMILES string of the molecule is CC(C)c1cccc(C(C)C)c1-c1cc(-c2cccc(-c3cc(-c4c(C(C)C)cccc4C(C)C)cc(-c4c(C(C)C)cccc4C(C)C)c3)c2/C=[Si](\F)C(C)(C)C)cc(-c2c(C(C)C)cccc2C(C)C)c1. The van der Waals surface area contributed by atoms with Gasteiger partial charge in [-0.05, 0) is 211 Å². The van der Waals surface area contributed by atoms with Gasteiger partial charge in [0.05, 0.1) is 0 Å². The van der Waals surface area contributed by atoms with Gasteiger partial charge in [-0.25, -0.2) is 0 Å². The van der Waals surface area contributed by atoms with Crippen molar-refractivity contribution >= 4 is 14.4 Å². The first-order valence-corrected chi connectivity index (χ1v) is 29.2. The topological polar surface area (TPSA) is 0 Å². The van der Waals surface area contributed by atoms with Crippen molar-refractivity contribution in [1.82, 2.24) is 0 Å². The lowest BCUT2D eigenvalue weighted by molar-refractivity contribution is 0.675. The normalized spacial score (nSPS) is 12.6. The van der Waals surface area contributed by atoms with Crippen molar-refractivity contribution in [3.63, 3.8) is 0 Å². The Bertz CT molecular complexity index is 2660. The second-order valence-corrected chi connectivity index (χ2v) is 27.1. The van der Waals surface area contributed by atoms with Crippen LogP contribution in [0.4, 0.5) is 4.11 Å². The van der Waals surface area contributed by atoms with Crippen molar-refractivity contribution in [2.75, 3.05) is 0 Å². The summed E-state index contributed by atoms with van der Waals surface area (Å²) in [5, 5.41) is -0.523. The highest BCUT2D eigenvalue weighted by molar-refractivity contribution is 6.65. The summed E-state index contributed by atoms with van der Waals surface area (Å²) in [5.41, 5.74) is 28.4. The molecule has 0 aromatic heterocycles. The molecule has 73 heavy (non-hydrogen) atoms. The Hall–Kier alpha value is -5.44. The minimum Gasteiger partial charge on any atom is -0.283 e.